The number of hydrogen-bond donors (Lipinski definition) is 0. The van der Waals surface area contributed by atoms with Gasteiger partial charge < -0.3 is 0 Å². The van der Waals surface area contributed by atoms with Gasteiger partial charge in [-0.3, -0.25) is 4.98 Å². The Labute approximate surface area is 66.8 Å². The largest absolute Gasteiger partial charge is 0.261 e. The van der Waals surface area contributed by atoms with Crippen LogP contribution < -0.4 is 0 Å². The van der Waals surface area contributed by atoms with Crippen molar-refractivity contribution >= 4 is 6.08 Å². The topological polar surface area (TPSA) is 12.9 Å². The Bertz CT molecular complexity index is 302. The van der Waals surface area contributed by atoms with Gasteiger partial charge in [-0.2, -0.15) is 0 Å². The molecule has 1 heterocycles. The molecular formula is C10H11N. The van der Waals surface area contributed by atoms with E-state index >= 15 is 0 Å². The minimum atomic E-state index is 0.687. The third-order valence-corrected chi connectivity index (χ3v) is 2.32. The number of rotatable bonds is 1. The van der Waals surface area contributed by atoms with E-state index in [-0.39, 0.29) is 0 Å². The second-order valence-electron chi connectivity index (χ2n) is 3.07. The zero-order chi connectivity index (χ0) is 7.84. The molecule has 1 aromatic heterocycles. The fourth-order valence-electron chi connectivity index (χ4n) is 1.70. The van der Waals surface area contributed by atoms with Crippen molar-refractivity contribution in [3.05, 3.63) is 35.7 Å². The van der Waals surface area contributed by atoms with Gasteiger partial charge in [0.25, 0.3) is 0 Å². The van der Waals surface area contributed by atoms with E-state index in [1.165, 1.54) is 16.8 Å². The Morgan fingerprint density at radius 1 is 1.73 bits per heavy atom. The number of fused-ring (bicyclic) bond motifs is 1. The van der Waals surface area contributed by atoms with Crippen molar-refractivity contribution in [3.8, 4) is 0 Å². The average Bonchev–Trinajstić information content (AvgIpc) is 2.01. The lowest BCUT2D eigenvalue weighted by atomic mass is 9.80. The molecule has 0 amide bonds. The first-order valence-electron chi connectivity index (χ1n) is 3.93. The predicted molar refractivity (Wildman–Crippen MR) is 46.4 cm³/mol. The number of pyridine rings is 1. The maximum atomic E-state index is 4.28. The molecule has 0 aliphatic heterocycles. The summed E-state index contributed by atoms with van der Waals surface area (Å²) in [7, 11) is 0. The number of aromatic nitrogens is 1. The first-order chi connectivity index (χ1) is 5.33. The van der Waals surface area contributed by atoms with Crippen molar-refractivity contribution in [3.63, 3.8) is 0 Å². The van der Waals surface area contributed by atoms with Gasteiger partial charge in [0.15, 0.2) is 0 Å². The van der Waals surface area contributed by atoms with Crippen LogP contribution in [0, 0.1) is 0 Å². The normalized spacial score (nSPS) is 20.3. The highest BCUT2D eigenvalue weighted by Gasteiger charge is 2.24. The highest BCUT2D eigenvalue weighted by molar-refractivity contribution is 5.57. The van der Waals surface area contributed by atoms with Crippen LogP contribution in [-0.2, 0) is 6.42 Å². The first kappa shape index (κ1) is 6.59. The lowest BCUT2D eigenvalue weighted by Crippen LogP contribution is -2.17. The molecule has 0 fully saturated rings. The summed E-state index contributed by atoms with van der Waals surface area (Å²) < 4.78 is 0. The Morgan fingerprint density at radius 3 is 3.09 bits per heavy atom. The zero-order valence-corrected chi connectivity index (χ0v) is 6.67. The van der Waals surface area contributed by atoms with Gasteiger partial charge in [-0.25, -0.2) is 0 Å². The van der Waals surface area contributed by atoms with Gasteiger partial charge in [0.1, 0.15) is 0 Å². The van der Waals surface area contributed by atoms with Crippen molar-refractivity contribution in [2.45, 2.75) is 19.3 Å². The summed E-state index contributed by atoms with van der Waals surface area (Å²) in [5.74, 6) is 0.687. The van der Waals surface area contributed by atoms with E-state index in [4.69, 9.17) is 0 Å². The highest BCUT2D eigenvalue weighted by Crippen LogP contribution is 2.35. The van der Waals surface area contributed by atoms with Crippen LogP contribution in [0.5, 0.6) is 0 Å². The van der Waals surface area contributed by atoms with Crippen LogP contribution in [-0.4, -0.2) is 4.98 Å². The summed E-state index contributed by atoms with van der Waals surface area (Å²) >= 11 is 0. The van der Waals surface area contributed by atoms with Crippen LogP contribution in [0.25, 0.3) is 6.08 Å². The monoisotopic (exact) mass is 145 g/mol. The SMILES string of the molecule is C=Cc1ccnc2c1C(C)C2. The third kappa shape index (κ3) is 0.805. The predicted octanol–water partition coefficient (Wildman–Crippen LogP) is 2.38. The lowest BCUT2D eigenvalue weighted by Gasteiger charge is -2.27. The van der Waals surface area contributed by atoms with Gasteiger partial charge in [0.05, 0.1) is 0 Å². The minimum absolute atomic E-state index is 0.687. The van der Waals surface area contributed by atoms with E-state index in [0.717, 1.165) is 6.42 Å². The molecule has 0 spiro atoms. The van der Waals surface area contributed by atoms with E-state index in [1.807, 2.05) is 18.3 Å². The molecule has 56 valence electrons. The average molecular weight is 145 g/mol. The van der Waals surface area contributed by atoms with Crippen molar-refractivity contribution in [2.24, 2.45) is 0 Å². The van der Waals surface area contributed by atoms with E-state index in [2.05, 4.69) is 18.5 Å². The fraction of sp³-hybridized carbons (Fsp3) is 0.300. The second kappa shape index (κ2) is 2.19. The van der Waals surface area contributed by atoms with Crippen LogP contribution in [0.4, 0.5) is 0 Å². The summed E-state index contributed by atoms with van der Waals surface area (Å²) in [5.41, 5.74) is 3.92. The van der Waals surface area contributed by atoms with Crippen LogP contribution in [0.2, 0.25) is 0 Å². The molecule has 11 heavy (non-hydrogen) atoms. The summed E-state index contributed by atoms with van der Waals surface area (Å²) in [6.45, 7) is 6.01. The maximum absolute atomic E-state index is 4.28. The summed E-state index contributed by atoms with van der Waals surface area (Å²) in [4.78, 5) is 4.28. The molecule has 1 atom stereocenters. The molecule has 2 rings (SSSR count). The van der Waals surface area contributed by atoms with E-state index in [9.17, 15) is 0 Å². The number of hydrogen-bond acceptors (Lipinski definition) is 1. The van der Waals surface area contributed by atoms with Crippen LogP contribution in [0.1, 0.15) is 29.7 Å². The molecule has 0 radical (unpaired) electrons. The Hall–Kier alpha value is -1.11. The first-order valence-corrected chi connectivity index (χ1v) is 3.93. The quantitative estimate of drug-likeness (QED) is 0.591. The fourth-order valence-corrected chi connectivity index (χ4v) is 1.70. The molecule has 1 nitrogen and oxygen atoms in total. The Kier molecular flexibility index (Phi) is 1.31. The highest BCUT2D eigenvalue weighted by atomic mass is 14.7. The molecule has 0 aromatic carbocycles. The molecule has 1 aliphatic rings. The molecule has 0 bridgehead atoms. The van der Waals surface area contributed by atoms with E-state index < -0.39 is 0 Å². The number of nitrogens with zero attached hydrogens (tertiary/aromatic N) is 1. The van der Waals surface area contributed by atoms with Gasteiger partial charge in [-0.1, -0.05) is 19.6 Å². The van der Waals surface area contributed by atoms with Gasteiger partial charge in [-0.15, -0.1) is 0 Å². The van der Waals surface area contributed by atoms with Crippen LogP contribution in [0.3, 0.4) is 0 Å². The molecule has 0 saturated carbocycles. The molecule has 0 saturated heterocycles. The molecule has 0 N–H and O–H groups in total. The van der Waals surface area contributed by atoms with Crippen molar-refractivity contribution in [1.29, 1.82) is 0 Å². The third-order valence-electron chi connectivity index (χ3n) is 2.32. The zero-order valence-electron chi connectivity index (χ0n) is 6.67. The van der Waals surface area contributed by atoms with E-state index in [1.54, 1.807) is 0 Å². The standard InChI is InChI=1S/C10H11N/c1-3-8-4-5-11-9-6-7(2)10(8)9/h3-5,7H,1,6H2,2H3. The van der Waals surface area contributed by atoms with Crippen molar-refractivity contribution < 1.29 is 0 Å². The van der Waals surface area contributed by atoms with Gasteiger partial charge in [-0.05, 0) is 29.5 Å². The van der Waals surface area contributed by atoms with Gasteiger partial charge >= 0.3 is 0 Å². The summed E-state index contributed by atoms with van der Waals surface area (Å²) in [5, 5.41) is 0. The molecule has 1 heteroatoms. The second-order valence-corrected chi connectivity index (χ2v) is 3.07. The van der Waals surface area contributed by atoms with Gasteiger partial charge in [0.2, 0.25) is 0 Å². The molecule has 1 aromatic rings. The molecule has 1 unspecified atom stereocenters. The molecular weight excluding hydrogens is 134 g/mol. The smallest absolute Gasteiger partial charge is 0.0450 e. The Morgan fingerprint density at radius 2 is 2.55 bits per heavy atom. The van der Waals surface area contributed by atoms with Crippen molar-refractivity contribution in [1.82, 2.24) is 4.98 Å². The van der Waals surface area contributed by atoms with E-state index in [0.29, 0.717) is 5.92 Å². The van der Waals surface area contributed by atoms with Crippen LogP contribution in [0.15, 0.2) is 18.8 Å². The molecule has 1 aliphatic carbocycles. The van der Waals surface area contributed by atoms with Crippen molar-refractivity contribution in [2.75, 3.05) is 0 Å². The Balaban J connectivity index is 2.58. The van der Waals surface area contributed by atoms with Crippen LogP contribution >= 0.6 is 0 Å². The lowest BCUT2D eigenvalue weighted by molar-refractivity contribution is 0.638. The maximum Gasteiger partial charge on any atom is 0.0450 e. The minimum Gasteiger partial charge on any atom is -0.261 e. The summed E-state index contributed by atoms with van der Waals surface area (Å²) in [6.07, 6.45) is 4.91. The van der Waals surface area contributed by atoms with Gasteiger partial charge in [0, 0.05) is 11.9 Å². The summed E-state index contributed by atoms with van der Waals surface area (Å²) in [6, 6.07) is 2.03.